The van der Waals surface area contributed by atoms with Crippen LogP contribution in [0.15, 0.2) is 97.1 Å². The van der Waals surface area contributed by atoms with Crippen molar-refractivity contribution >= 4 is 21.8 Å². The van der Waals surface area contributed by atoms with Crippen LogP contribution in [0.5, 0.6) is 0 Å². The van der Waals surface area contributed by atoms with Crippen molar-refractivity contribution in [3.63, 3.8) is 0 Å². The highest BCUT2D eigenvalue weighted by molar-refractivity contribution is 6.10. The maximum atomic E-state index is 5.26. The molecule has 0 saturated heterocycles. The van der Waals surface area contributed by atoms with Crippen LogP contribution in [0.1, 0.15) is 22.3 Å². The van der Waals surface area contributed by atoms with Crippen molar-refractivity contribution < 1.29 is 0 Å². The van der Waals surface area contributed by atoms with E-state index in [0.29, 0.717) is 0 Å². The first-order chi connectivity index (χ1) is 17.0. The Kier molecular flexibility index (Phi) is 5.04. The molecule has 6 rings (SSSR count). The number of fused-ring (bicyclic) bond motifs is 3. The Hall–Kier alpha value is -4.17. The molecule has 0 amide bonds. The largest absolute Gasteiger partial charge is 0.309 e. The average molecular weight is 453 g/mol. The van der Waals surface area contributed by atoms with E-state index < -0.39 is 0 Å². The van der Waals surface area contributed by atoms with Gasteiger partial charge in [0.25, 0.3) is 0 Å². The third kappa shape index (κ3) is 3.45. The molecule has 0 aliphatic carbocycles. The maximum absolute atomic E-state index is 5.26. The minimum Gasteiger partial charge on any atom is -0.309 e. The second-order valence-electron chi connectivity index (χ2n) is 9.52. The van der Waals surface area contributed by atoms with Crippen LogP contribution < -0.4 is 0 Å². The Morgan fingerprint density at radius 2 is 0.943 bits per heavy atom. The molecule has 170 valence electrons. The van der Waals surface area contributed by atoms with Crippen LogP contribution in [0.3, 0.4) is 0 Å². The zero-order valence-corrected chi connectivity index (χ0v) is 20.6. The van der Waals surface area contributed by atoms with Crippen molar-refractivity contribution in [1.82, 2.24) is 9.55 Å². The second-order valence-corrected chi connectivity index (χ2v) is 9.52. The molecular weight excluding hydrogens is 424 g/mol. The molecule has 4 aromatic carbocycles. The lowest BCUT2D eigenvalue weighted by molar-refractivity contribution is 1.09. The van der Waals surface area contributed by atoms with Crippen molar-refractivity contribution in [2.75, 3.05) is 0 Å². The van der Waals surface area contributed by atoms with Gasteiger partial charge in [0, 0.05) is 21.9 Å². The van der Waals surface area contributed by atoms with Crippen molar-refractivity contribution in [1.29, 1.82) is 0 Å². The summed E-state index contributed by atoms with van der Waals surface area (Å²) in [5.41, 5.74) is 12.9. The molecule has 0 aliphatic rings. The van der Waals surface area contributed by atoms with Crippen LogP contribution in [-0.2, 0) is 0 Å². The zero-order valence-electron chi connectivity index (χ0n) is 20.6. The predicted molar refractivity (Wildman–Crippen MR) is 148 cm³/mol. The van der Waals surface area contributed by atoms with Crippen molar-refractivity contribution in [3.8, 4) is 28.2 Å². The van der Waals surface area contributed by atoms with Crippen molar-refractivity contribution in [2.45, 2.75) is 27.7 Å². The van der Waals surface area contributed by atoms with Gasteiger partial charge in [-0.05, 0) is 63.1 Å². The molecule has 35 heavy (non-hydrogen) atoms. The SMILES string of the molecule is Cc1ccc2c(c1)c1cc(C)ccc1n2-c1c(C)c(-c2ccccc2)nc(-c2ccccc2)c1C. The summed E-state index contributed by atoms with van der Waals surface area (Å²) in [4.78, 5) is 5.26. The first-order valence-electron chi connectivity index (χ1n) is 12.2. The van der Waals surface area contributed by atoms with Gasteiger partial charge in [-0.2, -0.15) is 0 Å². The highest BCUT2D eigenvalue weighted by Crippen LogP contribution is 2.40. The van der Waals surface area contributed by atoms with E-state index in [4.69, 9.17) is 4.98 Å². The smallest absolute Gasteiger partial charge is 0.0759 e. The summed E-state index contributed by atoms with van der Waals surface area (Å²) in [6.07, 6.45) is 0. The van der Waals surface area contributed by atoms with Crippen molar-refractivity contribution in [3.05, 3.63) is 119 Å². The molecule has 0 spiro atoms. The van der Waals surface area contributed by atoms with Crippen LogP contribution in [0.2, 0.25) is 0 Å². The Morgan fingerprint density at radius 1 is 0.514 bits per heavy atom. The summed E-state index contributed by atoms with van der Waals surface area (Å²) in [7, 11) is 0. The fourth-order valence-corrected chi connectivity index (χ4v) is 5.37. The lowest BCUT2D eigenvalue weighted by Crippen LogP contribution is -2.06. The molecule has 0 radical (unpaired) electrons. The molecule has 6 aromatic rings. The molecule has 2 heterocycles. The third-order valence-electron chi connectivity index (χ3n) is 7.04. The van der Waals surface area contributed by atoms with Gasteiger partial charge in [-0.1, -0.05) is 83.9 Å². The van der Waals surface area contributed by atoms with Gasteiger partial charge in [0.15, 0.2) is 0 Å². The molecule has 0 N–H and O–H groups in total. The van der Waals surface area contributed by atoms with Gasteiger partial charge in [0.2, 0.25) is 0 Å². The van der Waals surface area contributed by atoms with E-state index >= 15 is 0 Å². The molecule has 0 bridgehead atoms. The van der Waals surface area contributed by atoms with E-state index in [-0.39, 0.29) is 0 Å². The molecule has 0 fully saturated rings. The molecule has 0 aliphatic heterocycles. The fraction of sp³-hybridized carbons (Fsp3) is 0.121. The Balaban J connectivity index is 1.79. The molecule has 0 atom stereocenters. The summed E-state index contributed by atoms with van der Waals surface area (Å²) < 4.78 is 2.45. The van der Waals surface area contributed by atoms with Gasteiger partial charge in [-0.15, -0.1) is 0 Å². The first kappa shape index (κ1) is 21.4. The van der Waals surface area contributed by atoms with E-state index in [1.165, 1.54) is 49.7 Å². The number of aryl methyl sites for hydroxylation is 2. The molecule has 2 nitrogen and oxygen atoms in total. The number of nitrogens with zero attached hydrogens (tertiary/aromatic N) is 2. The zero-order chi connectivity index (χ0) is 24.1. The molecular formula is C33H28N2. The maximum Gasteiger partial charge on any atom is 0.0759 e. The van der Waals surface area contributed by atoms with Gasteiger partial charge >= 0.3 is 0 Å². The number of aromatic nitrogens is 2. The van der Waals surface area contributed by atoms with Crippen LogP contribution in [0.25, 0.3) is 50.0 Å². The van der Waals surface area contributed by atoms with Gasteiger partial charge in [-0.25, -0.2) is 4.98 Å². The fourth-order valence-electron chi connectivity index (χ4n) is 5.37. The van der Waals surface area contributed by atoms with Gasteiger partial charge in [0.1, 0.15) is 0 Å². The Morgan fingerprint density at radius 3 is 1.37 bits per heavy atom. The second kappa shape index (κ2) is 8.25. The van der Waals surface area contributed by atoms with E-state index in [1.807, 2.05) is 0 Å². The van der Waals surface area contributed by atoms with E-state index in [1.54, 1.807) is 0 Å². The Labute approximate surface area is 206 Å². The molecule has 0 unspecified atom stereocenters. The van der Waals surface area contributed by atoms with Gasteiger partial charge < -0.3 is 4.57 Å². The number of benzene rings is 4. The van der Waals surface area contributed by atoms with E-state index in [0.717, 1.165) is 22.5 Å². The number of pyridine rings is 1. The highest BCUT2D eigenvalue weighted by atomic mass is 15.0. The van der Waals surface area contributed by atoms with E-state index in [2.05, 4.69) is 129 Å². The number of rotatable bonds is 3. The lowest BCUT2D eigenvalue weighted by atomic mass is 9.97. The molecule has 2 heteroatoms. The average Bonchev–Trinajstić information content (AvgIpc) is 3.18. The molecule has 0 saturated carbocycles. The predicted octanol–water partition coefficient (Wildman–Crippen LogP) is 8.75. The number of hydrogen-bond donors (Lipinski definition) is 0. The minimum absolute atomic E-state index is 1.03. The van der Waals surface area contributed by atoms with Crippen LogP contribution in [0, 0.1) is 27.7 Å². The minimum atomic E-state index is 1.03. The van der Waals surface area contributed by atoms with Gasteiger partial charge in [-0.3, -0.25) is 0 Å². The first-order valence-corrected chi connectivity index (χ1v) is 12.2. The van der Waals surface area contributed by atoms with Crippen LogP contribution in [0.4, 0.5) is 0 Å². The summed E-state index contributed by atoms with van der Waals surface area (Å²) in [5.74, 6) is 0. The monoisotopic (exact) mass is 452 g/mol. The Bertz CT molecular complexity index is 1580. The van der Waals surface area contributed by atoms with Crippen LogP contribution in [-0.4, -0.2) is 9.55 Å². The lowest BCUT2D eigenvalue weighted by Gasteiger charge is -2.20. The molecule has 2 aromatic heterocycles. The normalized spacial score (nSPS) is 11.4. The third-order valence-corrected chi connectivity index (χ3v) is 7.04. The van der Waals surface area contributed by atoms with Crippen LogP contribution >= 0.6 is 0 Å². The summed E-state index contributed by atoms with van der Waals surface area (Å²) >= 11 is 0. The summed E-state index contributed by atoms with van der Waals surface area (Å²) in [6, 6.07) is 34.7. The van der Waals surface area contributed by atoms with Gasteiger partial charge in [0.05, 0.1) is 28.1 Å². The summed E-state index contributed by atoms with van der Waals surface area (Å²) in [6.45, 7) is 8.77. The highest BCUT2D eigenvalue weighted by Gasteiger charge is 2.21. The van der Waals surface area contributed by atoms with E-state index in [9.17, 15) is 0 Å². The topological polar surface area (TPSA) is 17.8 Å². The standard InChI is InChI=1S/C33H28N2/c1-21-15-17-29-27(19-21)28-20-22(2)16-18-30(28)35(29)33-23(3)31(25-11-7-5-8-12-25)34-32(24(33)4)26-13-9-6-10-14-26/h5-20H,1-4H3. The quantitative estimate of drug-likeness (QED) is 0.262. The summed E-state index contributed by atoms with van der Waals surface area (Å²) in [5, 5.41) is 2.59. The number of hydrogen-bond acceptors (Lipinski definition) is 1. The van der Waals surface area contributed by atoms with Crippen molar-refractivity contribution in [2.24, 2.45) is 0 Å².